The molecule has 0 aliphatic heterocycles. The van der Waals surface area contributed by atoms with Crippen molar-refractivity contribution < 1.29 is 30.7 Å². The average Bonchev–Trinajstić information content (AvgIpc) is 2.70. The highest BCUT2D eigenvalue weighted by molar-refractivity contribution is 6.31. The van der Waals surface area contributed by atoms with Crippen molar-refractivity contribution in [2.45, 2.75) is 18.4 Å². The van der Waals surface area contributed by atoms with E-state index in [4.69, 9.17) is 17.3 Å². The predicted molar refractivity (Wildman–Crippen MR) is 104 cm³/mol. The lowest BCUT2D eigenvalue weighted by Gasteiger charge is -2.17. The van der Waals surface area contributed by atoms with Crippen LogP contribution in [-0.2, 0) is 12.4 Å². The van der Waals surface area contributed by atoms with Gasteiger partial charge in [-0.2, -0.15) is 26.3 Å². The zero-order valence-corrected chi connectivity index (χ0v) is 16.7. The summed E-state index contributed by atoms with van der Waals surface area (Å²) < 4.78 is 91.2. The molecule has 0 radical (unpaired) electrons. The van der Waals surface area contributed by atoms with Gasteiger partial charge in [0.1, 0.15) is 18.0 Å². The fourth-order valence-electron chi connectivity index (χ4n) is 2.84. The molecule has 0 amide bonds. The number of halogens is 8. The van der Waals surface area contributed by atoms with Gasteiger partial charge in [-0.15, -0.1) is 0 Å². The smallest absolute Gasteiger partial charge is 0.368 e. The second kappa shape index (κ2) is 8.91. The number of benzene rings is 2. The molecular weight excluding hydrogens is 465 g/mol. The van der Waals surface area contributed by atoms with E-state index in [1.54, 1.807) is 0 Å². The summed E-state index contributed by atoms with van der Waals surface area (Å²) in [6.07, 6.45) is -8.14. The molecule has 0 spiro atoms. The highest BCUT2D eigenvalue weighted by Gasteiger charge is 2.33. The molecule has 0 aliphatic carbocycles. The molecule has 32 heavy (non-hydrogen) atoms. The van der Waals surface area contributed by atoms with Gasteiger partial charge in [-0.05, 0) is 30.3 Å². The number of aromatic nitrogens is 2. The first-order chi connectivity index (χ1) is 14.9. The molecule has 170 valence electrons. The van der Waals surface area contributed by atoms with Crippen molar-refractivity contribution in [3.8, 4) is 11.3 Å². The minimum atomic E-state index is -4.65. The first-order valence-corrected chi connectivity index (χ1v) is 9.29. The number of hydrogen-bond donors (Lipinski definition) is 2. The van der Waals surface area contributed by atoms with Gasteiger partial charge in [0.05, 0.1) is 27.9 Å². The summed E-state index contributed by atoms with van der Waals surface area (Å²) in [4.78, 5) is 7.90. The van der Waals surface area contributed by atoms with Crippen molar-refractivity contribution in [3.05, 3.63) is 76.3 Å². The third kappa shape index (κ3) is 5.46. The Morgan fingerprint density at radius 3 is 2.28 bits per heavy atom. The van der Waals surface area contributed by atoms with Crippen molar-refractivity contribution in [1.29, 1.82) is 0 Å². The molecule has 0 saturated carbocycles. The zero-order chi connectivity index (χ0) is 23.7. The van der Waals surface area contributed by atoms with Crippen LogP contribution in [0.2, 0.25) is 5.02 Å². The van der Waals surface area contributed by atoms with Crippen molar-refractivity contribution >= 4 is 17.4 Å². The van der Waals surface area contributed by atoms with Crippen LogP contribution < -0.4 is 11.1 Å². The van der Waals surface area contributed by atoms with Gasteiger partial charge in [0.25, 0.3) is 0 Å². The van der Waals surface area contributed by atoms with Gasteiger partial charge in [0, 0.05) is 23.7 Å². The number of alkyl halides is 6. The monoisotopic (exact) mass is 478 g/mol. The van der Waals surface area contributed by atoms with Crippen molar-refractivity contribution in [3.63, 3.8) is 0 Å². The summed E-state index contributed by atoms with van der Waals surface area (Å²) >= 11 is 5.72. The molecule has 1 aromatic heterocycles. The molecule has 12 heteroatoms. The molecule has 3 rings (SSSR count). The Hall–Kier alpha value is -2.92. The van der Waals surface area contributed by atoms with Crippen LogP contribution in [0.4, 0.5) is 36.6 Å². The number of rotatable bonds is 5. The third-order valence-corrected chi connectivity index (χ3v) is 4.78. The fourth-order valence-corrected chi connectivity index (χ4v) is 3.13. The van der Waals surface area contributed by atoms with E-state index in [0.29, 0.717) is 18.2 Å². The van der Waals surface area contributed by atoms with E-state index >= 15 is 0 Å². The van der Waals surface area contributed by atoms with E-state index in [0.717, 1.165) is 18.5 Å². The van der Waals surface area contributed by atoms with Gasteiger partial charge in [-0.1, -0.05) is 17.7 Å². The second-order valence-corrected chi connectivity index (χ2v) is 7.11. The van der Waals surface area contributed by atoms with Crippen molar-refractivity contribution in [2.24, 2.45) is 5.73 Å². The molecule has 2 aromatic carbocycles. The fraction of sp³-hybridized carbons (Fsp3) is 0.200. The highest BCUT2D eigenvalue weighted by Crippen LogP contribution is 2.36. The molecule has 0 saturated heterocycles. The molecule has 0 bridgehead atoms. The normalized spacial score (nSPS) is 13.2. The minimum absolute atomic E-state index is 0.175. The quantitative estimate of drug-likeness (QED) is 0.436. The predicted octanol–water partition coefficient (Wildman–Crippen LogP) is 6.09. The summed E-state index contributed by atoms with van der Waals surface area (Å²) in [6, 6.07) is 5.28. The van der Waals surface area contributed by atoms with Gasteiger partial charge >= 0.3 is 12.4 Å². The summed E-state index contributed by atoms with van der Waals surface area (Å²) in [5.74, 6) is -0.719. The molecular formula is C20H14ClF7N4. The van der Waals surface area contributed by atoms with E-state index in [2.05, 4.69) is 15.3 Å². The molecule has 3 aromatic rings. The SMILES string of the molecule is N[C@@H](CNc1cc(-c2ccc(C(F)(F)F)c(Cl)c2)ncn1)c1cc(C(F)(F)F)ccc1F. The van der Waals surface area contributed by atoms with Crippen LogP contribution >= 0.6 is 11.6 Å². The summed E-state index contributed by atoms with van der Waals surface area (Å²) in [6.45, 7) is -0.178. The highest BCUT2D eigenvalue weighted by atomic mass is 35.5. The summed E-state index contributed by atoms with van der Waals surface area (Å²) in [7, 11) is 0. The van der Waals surface area contributed by atoms with Crippen LogP contribution in [0.5, 0.6) is 0 Å². The molecule has 1 atom stereocenters. The first kappa shape index (κ1) is 23.7. The number of nitrogens with one attached hydrogen (secondary N) is 1. The second-order valence-electron chi connectivity index (χ2n) is 6.70. The van der Waals surface area contributed by atoms with Crippen LogP contribution in [-0.4, -0.2) is 16.5 Å². The maximum Gasteiger partial charge on any atom is 0.417 e. The molecule has 1 heterocycles. The van der Waals surface area contributed by atoms with Crippen LogP contribution in [0.3, 0.4) is 0 Å². The van der Waals surface area contributed by atoms with Crippen LogP contribution in [0, 0.1) is 5.82 Å². The van der Waals surface area contributed by atoms with Crippen LogP contribution in [0.1, 0.15) is 22.7 Å². The lowest BCUT2D eigenvalue weighted by molar-refractivity contribution is -0.138. The molecule has 4 nitrogen and oxygen atoms in total. The van der Waals surface area contributed by atoms with Gasteiger partial charge < -0.3 is 11.1 Å². The van der Waals surface area contributed by atoms with Crippen molar-refractivity contribution in [2.75, 3.05) is 11.9 Å². The van der Waals surface area contributed by atoms with E-state index in [1.165, 1.54) is 12.1 Å². The minimum Gasteiger partial charge on any atom is -0.368 e. The van der Waals surface area contributed by atoms with E-state index < -0.39 is 40.4 Å². The van der Waals surface area contributed by atoms with Gasteiger partial charge in [-0.3, -0.25) is 0 Å². The topological polar surface area (TPSA) is 63.8 Å². The maximum atomic E-state index is 14.0. The Morgan fingerprint density at radius 1 is 0.938 bits per heavy atom. The number of hydrogen-bond acceptors (Lipinski definition) is 4. The standard InChI is InChI=1S/C20H14ClF7N4/c21-14-5-10(1-3-13(14)20(26,27)28)17-7-18(32-9-31-17)30-8-16(29)12-6-11(19(23,24)25)2-4-15(12)22/h1-7,9,16H,8,29H2,(H,30,31,32)/t16-/m0/s1. The lowest BCUT2D eigenvalue weighted by Crippen LogP contribution is -2.23. The van der Waals surface area contributed by atoms with Gasteiger partial charge in [0.15, 0.2) is 0 Å². The van der Waals surface area contributed by atoms with Crippen molar-refractivity contribution in [1.82, 2.24) is 9.97 Å². The number of nitrogens with zero attached hydrogens (tertiary/aromatic N) is 2. The zero-order valence-electron chi connectivity index (χ0n) is 15.9. The Morgan fingerprint density at radius 2 is 1.66 bits per heavy atom. The van der Waals surface area contributed by atoms with Crippen LogP contribution in [0.15, 0.2) is 48.8 Å². The molecule has 0 aliphatic rings. The average molecular weight is 479 g/mol. The first-order valence-electron chi connectivity index (χ1n) is 8.91. The van der Waals surface area contributed by atoms with E-state index in [-0.39, 0.29) is 29.2 Å². The molecule has 0 unspecified atom stereocenters. The van der Waals surface area contributed by atoms with Gasteiger partial charge in [-0.25, -0.2) is 14.4 Å². The number of anilines is 1. The summed E-state index contributed by atoms with van der Waals surface area (Å²) in [5, 5.41) is 2.24. The Labute approximate surface area is 182 Å². The third-order valence-electron chi connectivity index (χ3n) is 4.46. The maximum absolute atomic E-state index is 14.0. The Bertz CT molecular complexity index is 1120. The number of nitrogens with two attached hydrogens (primary N) is 1. The molecule has 0 fully saturated rings. The lowest BCUT2D eigenvalue weighted by atomic mass is 10.0. The van der Waals surface area contributed by atoms with E-state index in [9.17, 15) is 30.7 Å². The Kier molecular flexibility index (Phi) is 6.61. The van der Waals surface area contributed by atoms with Crippen LogP contribution in [0.25, 0.3) is 11.3 Å². The largest absolute Gasteiger partial charge is 0.417 e. The summed E-state index contributed by atoms with van der Waals surface area (Å²) in [5.41, 5.74) is 3.99. The van der Waals surface area contributed by atoms with Gasteiger partial charge in [0.2, 0.25) is 0 Å². The Balaban J connectivity index is 1.77. The van der Waals surface area contributed by atoms with E-state index in [1.807, 2.05) is 0 Å². The molecule has 3 N–H and O–H groups in total.